The average Bonchev–Trinajstić information content (AvgIpc) is 3.26. The lowest BCUT2D eigenvalue weighted by Gasteiger charge is -2.18. The molecule has 1 saturated carbocycles. The van der Waals surface area contributed by atoms with E-state index in [0.717, 1.165) is 30.9 Å². The zero-order chi connectivity index (χ0) is 15.4. The maximum atomic E-state index is 12.0. The number of aliphatic carboxylic acids is 1. The van der Waals surface area contributed by atoms with Crippen LogP contribution in [0.15, 0.2) is 24.3 Å². The summed E-state index contributed by atoms with van der Waals surface area (Å²) in [5.41, 5.74) is 1.88. The van der Waals surface area contributed by atoms with Crippen LogP contribution in [0.4, 0.5) is 5.69 Å². The van der Waals surface area contributed by atoms with Crippen molar-refractivity contribution >= 4 is 17.6 Å². The molecule has 2 rings (SSSR count). The topological polar surface area (TPSA) is 69.6 Å². The van der Waals surface area contributed by atoms with Gasteiger partial charge in [0.15, 0.2) is 0 Å². The van der Waals surface area contributed by atoms with E-state index in [1.54, 1.807) is 0 Å². The summed E-state index contributed by atoms with van der Waals surface area (Å²) in [5.74, 6) is -1.97. The summed E-state index contributed by atoms with van der Waals surface area (Å²) in [7, 11) is 0. The Balaban J connectivity index is 1.95. The van der Waals surface area contributed by atoms with Gasteiger partial charge in [0, 0.05) is 12.2 Å². The van der Waals surface area contributed by atoms with Gasteiger partial charge in [-0.05, 0) is 37.2 Å². The van der Waals surface area contributed by atoms with E-state index in [9.17, 15) is 9.59 Å². The standard InChI is InChI=1S/C16H22N2O3/c1-3-18(4-2)10-11-6-5-7-12(8-11)17-15(19)13-9-14(13)16(20)21/h5-8,13-14H,3-4,9-10H2,1-2H3,(H,17,19)(H,20,21)/t13-,14+/m1/s1. The van der Waals surface area contributed by atoms with Crippen molar-refractivity contribution in [1.29, 1.82) is 0 Å². The van der Waals surface area contributed by atoms with Crippen molar-refractivity contribution in [1.82, 2.24) is 4.90 Å². The first-order chi connectivity index (χ1) is 10.0. The van der Waals surface area contributed by atoms with E-state index in [2.05, 4.69) is 24.1 Å². The minimum absolute atomic E-state index is 0.192. The van der Waals surface area contributed by atoms with Crippen LogP contribution in [-0.4, -0.2) is 35.0 Å². The summed E-state index contributed by atoms with van der Waals surface area (Å²) in [6, 6.07) is 7.73. The fourth-order valence-corrected chi connectivity index (χ4v) is 2.45. The minimum atomic E-state index is -0.884. The molecule has 1 aromatic rings. The molecule has 0 radical (unpaired) electrons. The number of carbonyl (C=O) groups is 2. The average molecular weight is 290 g/mol. The maximum absolute atomic E-state index is 12.0. The highest BCUT2D eigenvalue weighted by atomic mass is 16.4. The van der Waals surface area contributed by atoms with Crippen LogP contribution in [0.2, 0.25) is 0 Å². The highest BCUT2D eigenvalue weighted by molar-refractivity contribution is 5.98. The van der Waals surface area contributed by atoms with E-state index in [1.165, 1.54) is 0 Å². The van der Waals surface area contributed by atoms with Gasteiger partial charge in [0.2, 0.25) is 5.91 Å². The third kappa shape index (κ3) is 4.04. The Morgan fingerprint density at radius 1 is 1.29 bits per heavy atom. The first kappa shape index (κ1) is 15.5. The van der Waals surface area contributed by atoms with Gasteiger partial charge in [0.25, 0.3) is 0 Å². The molecule has 0 heterocycles. The number of rotatable bonds is 7. The number of nitrogens with zero attached hydrogens (tertiary/aromatic N) is 1. The van der Waals surface area contributed by atoms with Crippen LogP contribution in [0.25, 0.3) is 0 Å². The van der Waals surface area contributed by atoms with Crippen molar-refractivity contribution in [2.75, 3.05) is 18.4 Å². The second kappa shape index (κ2) is 6.72. The van der Waals surface area contributed by atoms with E-state index in [4.69, 9.17) is 5.11 Å². The Kier molecular flexibility index (Phi) is 4.96. The number of anilines is 1. The van der Waals surface area contributed by atoms with Crippen molar-refractivity contribution in [2.45, 2.75) is 26.8 Å². The van der Waals surface area contributed by atoms with Crippen molar-refractivity contribution in [3.05, 3.63) is 29.8 Å². The molecule has 5 heteroatoms. The van der Waals surface area contributed by atoms with Gasteiger partial charge in [-0.25, -0.2) is 0 Å². The SMILES string of the molecule is CCN(CC)Cc1cccc(NC(=O)[C@@H]2C[C@@H]2C(=O)O)c1. The van der Waals surface area contributed by atoms with Crippen molar-refractivity contribution < 1.29 is 14.7 Å². The summed E-state index contributed by atoms with van der Waals surface area (Å²) < 4.78 is 0. The third-order valence-electron chi connectivity index (χ3n) is 3.94. The van der Waals surface area contributed by atoms with Gasteiger partial charge in [0.05, 0.1) is 11.8 Å². The molecule has 1 amide bonds. The van der Waals surface area contributed by atoms with Crippen molar-refractivity contribution in [2.24, 2.45) is 11.8 Å². The normalized spacial score (nSPS) is 20.3. The molecule has 1 aromatic carbocycles. The highest BCUT2D eigenvalue weighted by Gasteiger charge is 2.48. The number of carboxylic acid groups (broad SMARTS) is 1. The van der Waals surface area contributed by atoms with Gasteiger partial charge >= 0.3 is 5.97 Å². The molecular formula is C16H22N2O3. The number of hydrogen-bond acceptors (Lipinski definition) is 3. The molecule has 2 N–H and O–H groups in total. The van der Waals surface area contributed by atoms with E-state index in [0.29, 0.717) is 6.42 Å². The molecule has 0 bridgehead atoms. The molecule has 0 spiro atoms. The van der Waals surface area contributed by atoms with Gasteiger partial charge in [0.1, 0.15) is 0 Å². The van der Waals surface area contributed by atoms with Gasteiger partial charge in [-0.1, -0.05) is 26.0 Å². The second-order valence-electron chi connectivity index (χ2n) is 5.44. The molecule has 0 saturated heterocycles. The lowest BCUT2D eigenvalue weighted by atomic mass is 10.1. The number of nitrogens with one attached hydrogen (secondary N) is 1. The van der Waals surface area contributed by atoms with Crippen LogP contribution in [0.3, 0.4) is 0 Å². The van der Waals surface area contributed by atoms with Gasteiger partial charge in [-0.3, -0.25) is 14.5 Å². The smallest absolute Gasteiger partial charge is 0.307 e. The molecular weight excluding hydrogens is 268 g/mol. The Bertz CT molecular complexity index is 526. The van der Waals surface area contributed by atoms with Crippen molar-refractivity contribution in [3.63, 3.8) is 0 Å². The van der Waals surface area contributed by atoms with Crippen LogP contribution in [0.1, 0.15) is 25.8 Å². The molecule has 1 aliphatic carbocycles. The first-order valence-corrected chi connectivity index (χ1v) is 7.40. The van der Waals surface area contributed by atoms with E-state index in [-0.39, 0.29) is 11.8 Å². The Morgan fingerprint density at radius 3 is 2.57 bits per heavy atom. The Morgan fingerprint density at radius 2 is 2.00 bits per heavy atom. The zero-order valence-corrected chi connectivity index (χ0v) is 12.5. The molecule has 0 aromatic heterocycles. The lowest BCUT2D eigenvalue weighted by Crippen LogP contribution is -2.22. The monoisotopic (exact) mass is 290 g/mol. The van der Waals surface area contributed by atoms with Crippen molar-refractivity contribution in [3.8, 4) is 0 Å². The predicted octanol–water partition coefficient (Wildman–Crippen LogP) is 2.19. The Labute approximate surface area is 125 Å². The minimum Gasteiger partial charge on any atom is -0.481 e. The highest BCUT2D eigenvalue weighted by Crippen LogP contribution is 2.39. The van der Waals surface area contributed by atoms with Crippen LogP contribution < -0.4 is 5.32 Å². The van der Waals surface area contributed by atoms with Gasteiger partial charge in [-0.2, -0.15) is 0 Å². The molecule has 2 atom stereocenters. The molecule has 21 heavy (non-hydrogen) atoms. The number of amides is 1. The number of benzene rings is 1. The number of carbonyl (C=O) groups excluding carboxylic acids is 1. The summed E-state index contributed by atoms with van der Waals surface area (Å²) in [4.78, 5) is 25.0. The molecule has 0 aliphatic heterocycles. The quantitative estimate of drug-likeness (QED) is 0.807. The van der Waals surface area contributed by atoms with E-state index < -0.39 is 11.9 Å². The number of carboxylic acids is 1. The van der Waals surface area contributed by atoms with E-state index >= 15 is 0 Å². The summed E-state index contributed by atoms with van der Waals surface area (Å²) in [5, 5.41) is 11.7. The molecule has 114 valence electrons. The number of hydrogen-bond donors (Lipinski definition) is 2. The molecule has 1 fully saturated rings. The van der Waals surface area contributed by atoms with Crippen LogP contribution in [0, 0.1) is 11.8 Å². The lowest BCUT2D eigenvalue weighted by molar-refractivity contribution is -0.139. The summed E-state index contributed by atoms with van der Waals surface area (Å²) in [6.45, 7) is 7.05. The fourth-order valence-electron chi connectivity index (χ4n) is 2.45. The van der Waals surface area contributed by atoms with E-state index in [1.807, 2.05) is 24.3 Å². The zero-order valence-electron chi connectivity index (χ0n) is 12.5. The van der Waals surface area contributed by atoms with Crippen LogP contribution in [-0.2, 0) is 16.1 Å². The molecule has 0 unspecified atom stereocenters. The predicted molar refractivity (Wildman–Crippen MR) is 80.9 cm³/mol. The van der Waals surface area contributed by atoms with Crippen LogP contribution >= 0.6 is 0 Å². The molecule has 5 nitrogen and oxygen atoms in total. The van der Waals surface area contributed by atoms with Gasteiger partial charge in [-0.15, -0.1) is 0 Å². The Hall–Kier alpha value is -1.88. The largest absolute Gasteiger partial charge is 0.481 e. The second-order valence-corrected chi connectivity index (χ2v) is 5.44. The summed E-state index contributed by atoms with van der Waals surface area (Å²) in [6.07, 6.45) is 0.445. The van der Waals surface area contributed by atoms with Gasteiger partial charge < -0.3 is 10.4 Å². The fraction of sp³-hybridized carbons (Fsp3) is 0.500. The van der Waals surface area contributed by atoms with Crippen LogP contribution in [0.5, 0.6) is 0 Å². The third-order valence-corrected chi connectivity index (χ3v) is 3.94. The maximum Gasteiger partial charge on any atom is 0.307 e. The molecule has 1 aliphatic rings. The first-order valence-electron chi connectivity index (χ1n) is 7.40. The summed E-state index contributed by atoms with van der Waals surface area (Å²) >= 11 is 0.